The van der Waals surface area contributed by atoms with E-state index in [2.05, 4.69) is 15.5 Å². The molecule has 0 spiro atoms. The zero-order valence-electron chi connectivity index (χ0n) is 15.8. The summed E-state index contributed by atoms with van der Waals surface area (Å²) in [5.41, 5.74) is 6.09. The molecule has 3 atom stereocenters. The first-order valence-corrected chi connectivity index (χ1v) is 11.0. The number of nitrogens with two attached hydrogens (primary N) is 1. The van der Waals surface area contributed by atoms with Crippen LogP contribution >= 0.6 is 23.1 Å². The van der Waals surface area contributed by atoms with Gasteiger partial charge in [0.25, 0.3) is 11.8 Å². The second kappa shape index (κ2) is 9.24. The Kier molecular flexibility index (Phi) is 6.86. The van der Waals surface area contributed by atoms with Crippen LogP contribution in [0.25, 0.3) is 0 Å². The Labute approximate surface area is 186 Å². The van der Waals surface area contributed by atoms with Gasteiger partial charge in [0.15, 0.2) is 10.8 Å². The van der Waals surface area contributed by atoms with Gasteiger partial charge in [0.05, 0.1) is 17.8 Å². The van der Waals surface area contributed by atoms with Crippen LogP contribution in [0.3, 0.4) is 0 Å². The number of hydrogen-bond donors (Lipinski definition) is 2. The van der Waals surface area contributed by atoms with Gasteiger partial charge in [0.1, 0.15) is 24.2 Å². The number of rotatable bonds is 6. The van der Waals surface area contributed by atoms with Crippen LogP contribution in [-0.2, 0) is 24.0 Å². The molecule has 2 fully saturated rings. The Morgan fingerprint density at radius 3 is 2.84 bits per heavy atom. The molecule has 1 aromatic heterocycles. The zero-order valence-corrected chi connectivity index (χ0v) is 17.5. The number of nitrogen functional groups attached to an aromatic ring is 1. The van der Waals surface area contributed by atoms with Crippen LogP contribution in [0, 0.1) is 0 Å². The molecule has 0 aromatic carbocycles. The number of ether oxygens (including phenoxy) is 1. The summed E-state index contributed by atoms with van der Waals surface area (Å²) >= 11 is 2.49. The molecule has 0 saturated carbocycles. The molecule has 4 heterocycles. The fourth-order valence-corrected chi connectivity index (χ4v) is 5.59. The van der Waals surface area contributed by atoms with Gasteiger partial charge >= 0.3 is 0 Å². The first-order chi connectivity index (χ1) is 14.4. The van der Waals surface area contributed by atoms with E-state index in [1.165, 1.54) is 23.8 Å². The molecule has 0 radical (unpaired) electrons. The lowest BCUT2D eigenvalue weighted by Gasteiger charge is -2.51. The smallest absolute Gasteiger partial charge is 0.276 e. The van der Waals surface area contributed by atoms with Gasteiger partial charge < -0.3 is 30.5 Å². The number of carbonyl (C=O) groups is 3. The van der Waals surface area contributed by atoms with Crippen molar-refractivity contribution in [2.45, 2.75) is 37.8 Å². The summed E-state index contributed by atoms with van der Waals surface area (Å²) in [5, 5.41) is 19.3. The second-order valence-electron chi connectivity index (χ2n) is 6.72. The first-order valence-electron chi connectivity index (χ1n) is 9.06. The summed E-state index contributed by atoms with van der Waals surface area (Å²) in [5.74, 6) is -2.27. The maximum atomic E-state index is 12.8. The molecule has 3 aliphatic heterocycles. The van der Waals surface area contributed by atoms with Crippen molar-refractivity contribution in [3.8, 4) is 0 Å². The summed E-state index contributed by atoms with van der Waals surface area (Å²) in [4.78, 5) is 47.2. The van der Waals surface area contributed by atoms with Gasteiger partial charge in [-0.2, -0.15) is 0 Å². The van der Waals surface area contributed by atoms with E-state index in [-0.39, 0.29) is 35.8 Å². The lowest BCUT2D eigenvalue weighted by atomic mass is 9.99. The first kappa shape index (κ1) is 23.0. The largest absolute Gasteiger partial charge is 0.543 e. The zero-order chi connectivity index (χ0) is 21.4. The molecule has 2 saturated heterocycles. The van der Waals surface area contributed by atoms with Gasteiger partial charge in [0, 0.05) is 17.7 Å². The number of hydrogen-bond acceptors (Lipinski definition) is 11. The Hall–Kier alpha value is -2.64. The maximum absolute atomic E-state index is 12.8. The number of thioether (sulfide) groups is 1. The van der Waals surface area contributed by atoms with Gasteiger partial charge in [-0.1, -0.05) is 12.6 Å². The van der Waals surface area contributed by atoms with Gasteiger partial charge in [-0.25, -0.2) is 4.98 Å². The number of amides is 2. The third kappa shape index (κ3) is 4.12. The van der Waals surface area contributed by atoms with Crippen LogP contribution in [0.5, 0.6) is 0 Å². The van der Waals surface area contributed by atoms with Gasteiger partial charge in [-0.05, 0) is 18.4 Å². The number of aromatic nitrogens is 1. The Bertz CT molecular complexity index is 955. The van der Waals surface area contributed by atoms with E-state index < -0.39 is 29.2 Å². The van der Waals surface area contributed by atoms with Crippen molar-refractivity contribution in [2.24, 2.45) is 5.16 Å². The van der Waals surface area contributed by atoms with Crippen LogP contribution in [0.4, 0.5) is 5.13 Å². The molecule has 168 valence electrons. The number of oxime groups is 1. The minimum absolute atomic E-state index is 0. The number of thiazole rings is 1. The Balaban J connectivity index is 0.00000272. The number of anilines is 1. The molecule has 2 amide bonds. The van der Waals surface area contributed by atoms with Crippen molar-refractivity contribution in [1.82, 2.24) is 15.2 Å². The maximum Gasteiger partial charge on any atom is 0.276 e. The summed E-state index contributed by atoms with van der Waals surface area (Å²) in [6, 6.07) is -0.916. The second-order valence-corrected chi connectivity index (χ2v) is 8.71. The Morgan fingerprint density at radius 2 is 2.26 bits per heavy atom. The van der Waals surface area contributed by atoms with Gasteiger partial charge in [-0.3, -0.25) is 14.5 Å². The predicted molar refractivity (Wildman–Crippen MR) is 113 cm³/mol. The van der Waals surface area contributed by atoms with Crippen LogP contribution in [0.15, 0.2) is 21.8 Å². The van der Waals surface area contributed by atoms with E-state index >= 15 is 0 Å². The minimum atomic E-state index is -1.43. The molecule has 0 aliphatic carbocycles. The van der Waals surface area contributed by atoms with Crippen molar-refractivity contribution in [2.75, 3.05) is 25.2 Å². The molecule has 31 heavy (non-hydrogen) atoms. The summed E-state index contributed by atoms with van der Waals surface area (Å²) in [6.07, 6.45) is 1.20. The highest BCUT2D eigenvalue weighted by molar-refractivity contribution is 8.00. The van der Waals surface area contributed by atoms with Crippen molar-refractivity contribution >= 4 is 51.7 Å². The number of carbonyl (C=O) groups excluding carboxylic acids is 3. The fraction of sp³-hybridized carbons (Fsp3) is 0.500. The molecule has 11 nitrogen and oxygen atoms in total. The normalized spacial score (nSPS) is 25.5. The van der Waals surface area contributed by atoms with E-state index in [0.717, 1.165) is 17.8 Å². The quantitative estimate of drug-likeness (QED) is 0.312. The molecule has 3 aliphatic rings. The SMILES string of the molecule is C.CO/N=C(\C(=O)N[C@@H]1C(=O)N2C(C(=O)[O-])=C([C@@H]3CCCO3)CS[C@H]12)c1csc(N)n1. The van der Waals surface area contributed by atoms with Crippen LogP contribution < -0.4 is 16.2 Å². The number of nitrogens with one attached hydrogen (secondary N) is 1. The highest BCUT2D eigenvalue weighted by Gasteiger charge is 2.54. The summed E-state index contributed by atoms with van der Waals surface area (Å²) in [7, 11) is 1.28. The summed E-state index contributed by atoms with van der Waals surface area (Å²) in [6.45, 7) is 0.554. The number of carboxylic acids is 1. The van der Waals surface area contributed by atoms with Crippen LogP contribution in [0.1, 0.15) is 26.0 Å². The van der Waals surface area contributed by atoms with E-state index in [1.807, 2.05) is 0 Å². The third-order valence-electron chi connectivity index (χ3n) is 4.96. The van der Waals surface area contributed by atoms with Gasteiger partial charge in [0.2, 0.25) is 0 Å². The molecule has 0 unspecified atom stereocenters. The van der Waals surface area contributed by atoms with E-state index in [9.17, 15) is 19.5 Å². The number of β-lactam (4-membered cyclic amide) rings is 1. The minimum Gasteiger partial charge on any atom is -0.543 e. The van der Waals surface area contributed by atoms with Crippen molar-refractivity contribution in [3.05, 3.63) is 22.3 Å². The number of nitrogens with zero attached hydrogens (tertiary/aromatic N) is 3. The van der Waals surface area contributed by atoms with E-state index in [0.29, 0.717) is 24.4 Å². The monoisotopic (exact) mass is 468 g/mol. The molecular formula is C18H22N5O6S2-. The standard InChI is InChI=1S/C17H19N5O6S2.CH4/c1-27-21-10(8-6-30-17(18)19-8)13(23)20-11-14(24)22-12(16(25)26)7(5-29-15(11)22)9-3-2-4-28-9;/h6,9,11,15H,2-5H2,1H3,(H2,18,19)(H,20,23)(H,25,26);1H4/p-1/b21-10-;/t9-,11+,15+;/m0./s1. The summed E-state index contributed by atoms with van der Waals surface area (Å²) < 4.78 is 5.60. The number of carboxylic acid groups (broad SMARTS) is 1. The molecular weight excluding hydrogens is 446 g/mol. The van der Waals surface area contributed by atoms with Gasteiger partial charge in [-0.15, -0.1) is 23.1 Å². The van der Waals surface area contributed by atoms with E-state index in [1.54, 1.807) is 5.38 Å². The predicted octanol–water partition coefficient (Wildman–Crippen LogP) is -0.705. The molecule has 3 N–H and O–H groups in total. The average Bonchev–Trinajstić information content (AvgIpc) is 3.40. The van der Waals surface area contributed by atoms with Crippen molar-refractivity contribution in [1.29, 1.82) is 0 Å². The molecule has 13 heteroatoms. The highest BCUT2D eigenvalue weighted by Crippen LogP contribution is 2.42. The molecule has 0 bridgehead atoms. The van der Waals surface area contributed by atoms with Crippen molar-refractivity contribution in [3.63, 3.8) is 0 Å². The third-order valence-corrected chi connectivity index (χ3v) is 6.93. The van der Waals surface area contributed by atoms with Crippen LogP contribution in [-0.4, -0.2) is 70.4 Å². The van der Waals surface area contributed by atoms with E-state index in [4.69, 9.17) is 15.3 Å². The van der Waals surface area contributed by atoms with Crippen LogP contribution in [0.2, 0.25) is 0 Å². The lowest BCUT2D eigenvalue weighted by Crippen LogP contribution is -2.71. The highest BCUT2D eigenvalue weighted by atomic mass is 32.2. The number of fused-ring (bicyclic) bond motifs is 1. The lowest BCUT2D eigenvalue weighted by molar-refractivity contribution is -0.301. The topological polar surface area (TPSA) is 159 Å². The Morgan fingerprint density at radius 1 is 1.48 bits per heavy atom. The number of aliphatic carboxylic acids is 1. The molecule has 1 aromatic rings. The molecule has 4 rings (SSSR count). The van der Waals surface area contributed by atoms with Crippen molar-refractivity contribution < 1.29 is 29.1 Å². The average molecular weight is 469 g/mol. The fourth-order valence-electron chi connectivity index (χ4n) is 3.63.